The van der Waals surface area contributed by atoms with E-state index in [2.05, 4.69) is 9.47 Å². The first kappa shape index (κ1) is 60.2. The van der Waals surface area contributed by atoms with Crippen LogP contribution in [0.2, 0.25) is 0 Å². The summed E-state index contributed by atoms with van der Waals surface area (Å²) in [4.78, 5) is 28.4. The number of alkyl halides is 12. The number of carbonyl (C=O) groups excluding carboxylic acids is 2. The zero-order chi connectivity index (χ0) is 55.1. The third-order valence-electron chi connectivity index (χ3n) is 14.9. The summed E-state index contributed by atoms with van der Waals surface area (Å²) < 4.78 is 249. The van der Waals surface area contributed by atoms with Gasteiger partial charge >= 0.3 is 47.8 Å². The van der Waals surface area contributed by atoms with Crippen LogP contribution in [0.3, 0.4) is 0 Å². The molecule has 0 bridgehead atoms. The van der Waals surface area contributed by atoms with E-state index in [1.807, 2.05) is 0 Å². The zero-order valence-electron chi connectivity index (χ0n) is 40.9. The van der Waals surface area contributed by atoms with Gasteiger partial charge in [-0.2, -0.15) is 69.5 Å². The minimum Gasteiger partial charge on any atom is -0.435 e. The van der Waals surface area contributed by atoms with Crippen molar-refractivity contribution in [3.8, 4) is 0 Å². The maximum Gasteiger partial charge on any atom is 0.438 e. The number of hydrogen-bond acceptors (Lipinski definition) is 8. The maximum atomic E-state index is 14.7. The predicted molar refractivity (Wildman–Crippen MR) is 244 cm³/mol. The number of esters is 2. The molecular weight excluding hydrogens is 1040 g/mol. The molecular formula is C49H62F12O10S2. The second-order valence-electron chi connectivity index (χ2n) is 20.9. The number of ether oxygens (including phenoxy) is 2. The van der Waals surface area contributed by atoms with E-state index < -0.39 is 114 Å². The van der Waals surface area contributed by atoms with Gasteiger partial charge in [-0.3, -0.25) is 9.11 Å². The first-order valence-corrected chi connectivity index (χ1v) is 27.5. The van der Waals surface area contributed by atoms with E-state index >= 15 is 0 Å². The van der Waals surface area contributed by atoms with E-state index in [-0.39, 0.29) is 72.1 Å². The first-order chi connectivity index (χ1) is 33.3. The molecule has 2 aromatic carbocycles. The minimum absolute atomic E-state index is 0.0189. The Morgan fingerprint density at radius 3 is 1.26 bits per heavy atom. The average molecular weight is 1100 g/mol. The van der Waals surface area contributed by atoms with Crippen LogP contribution in [0.25, 0.3) is 0 Å². The molecule has 5 rings (SSSR count). The van der Waals surface area contributed by atoms with Crippen LogP contribution in [0.4, 0.5) is 52.7 Å². The summed E-state index contributed by atoms with van der Waals surface area (Å²) in [6.45, 7) is 8.07. The Morgan fingerprint density at radius 2 is 0.890 bits per heavy atom. The van der Waals surface area contributed by atoms with Crippen LogP contribution in [0.1, 0.15) is 221 Å². The monoisotopic (exact) mass is 1100 g/mol. The molecule has 0 spiro atoms. The van der Waals surface area contributed by atoms with Gasteiger partial charge in [-0.15, -0.1) is 0 Å². The largest absolute Gasteiger partial charge is 0.438 e. The Balaban J connectivity index is 1.59. The minimum atomic E-state index is -6.60. The zero-order valence-corrected chi connectivity index (χ0v) is 42.5. The van der Waals surface area contributed by atoms with Gasteiger partial charge in [-0.25, -0.2) is 9.59 Å². The Bertz CT molecular complexity index is 2490. The van der Waals surface area contributed by atoms with E-state index in [1.165, 1.54) is 26.0 Å². The van der Waals surface area contributed by atoms with Crippen molar-refractivity contribution in [2.24, 2.45) is 5.92 Å². The number of benzene rings is 2. The van der Waals surface area contributed by atoms with Gasteiger partial charge in [-0.1, -0.05) is 97.4 Å². The van der Waals surface area contributed by atoms with Gasteiger partial charge in [0.15, 0.2) is 0 Å². The molecule has 3 saturated carbocycles. The van der Waals surface area contributed by atoms with Gasteiger partial charge in [0.1, 0.15) is 11.5 Å². The second kappa shape index (κ2) is 22.1. The summed E-state index contributed by atoms with van der Waals surface area (Å²) >= 11 is 0. The maximum absolute atomic E-state index is 14.7. The highest BCUT2D eigenvalue weighted by atomic mass is 32.2. The molecule has 1 unspecified atom stereocenters. The van der Waals surface area contributed by atoms with E-state index in [0.717, 1.165) is 31.2 Å². The van der Waals surface area contributed by atoms with Crippen LogP contribution in [0, 0.1) is 5.92 Å². The smallest absolute Gasteiger partial charge is 0.435 e. The lowest BCUT2D eigenvalue weighted by Crippen LogP contribution is -2.63. The molecule has 0 aliphatic heterocycles. The summed E-state index contributed by atoms with van der Waals surface area (Å²) in [5.74, 6) is -13.9. The lowest BCUT2D eigenvalue weighted by molar-refractivity contribution is -0.356. The van der Waals surface area contributed by atoms with Crippen molar-refractivity contribution in [3.05, 3.63) is 68.8 Å². The average Bonchev–Trinajstić information content (AvgIpc) is 3.26. The molecule has 2 aromatic rings. The third-order valence-corrected chi connectivity index (χ3v) is 16.4. The summed E-state index contributed by atoms with van der Waals surface area (Å²) in [5, 5.41) is 0. The van der Waals surface area contributed by atoms with E-state index in [9.17, 15) is 88.2 Å². The summed E-state index contributed by atoms with van der Waals surface area (Å²) in [5.41, 5.74) is -11.1. The molecule has 10 nitrogen and oxygen atoms in total. The van der Waals surface area contributed by atoms with Crippen molar-refractivity contribution in [2.45, 2.75) is 202 Å². The fourth-order valence-corrected chi connectivity index (χ4v) is 12.8. The molecule has 0 amide bonds. The summed E-state index contributed by atoms with van der Waals surface area (Å²) in [7, 11) is -12.2. The van der Waals surface area contributed by atoms with Gasteiger partial charge in [0.25, 0.3) is 20.2 Å². The molecule has 0 aromatic heterocycles. The van der Waals surface area contributed by atoms with Gasteiger partial charge in [-0.05, 0) is 133 Å². The Labute approximate surface area is 417 Å². The number of carbonyl (C=O) groups is 2. The first-order valence-electron chi connectivity index (χ1n) is 24.3. The number of rotatable bonds is 16. The van der Waals surface area contributed by atoms with Gasteiger partial charge < -0.3 is 9.47 Å². The second-order valence-corrected chi connectivity index (χ2v) is 23.8. The normalized spacial score (nSPS) is 20.3. The number of hydrogen-bond donors (Lipinski definition) is 2. The molecule has 0 saturated heterocycles. The standard InChI is InChI=1S/C49H62F12O10S2/c1-27(2)34-21-36(28(3)4)40(42(62)70-44(46(50,51)52,47(53,54)55)25-72(64,65)66)37(22-34)29(5)20-30-16-18-33(19-17-30)39-24-35(31-12-8-6-9-13-31)23-38(32-14-10-7-11-15-32)41(39)43(63)71-45(48(56,57)58,49(59,60)61)26-73(67,68)69/h21-24,27-33H,6-20,25-26H2,1-5H3,(H,64,65,66)(H,67,68,69). The van der Waals surface area contributed by atoms with Crippen molar-refractivity contribution < 1.29 is 97.7 Å². The van der Waals surface area contributed by atoms with Crippen LogP contribution in [-0.4, -0.2) is 85.3 Å². The molecule has 414 valence electrons. The van der Waals surface area contributed by atoms with Crippen LogP contribution < -0.4 is 0 Å². The Hall–Kier alpha value is -3.64. The molecule has 24 heteroatoms. The molecule has 2 N–H and O–H groups in total. The van der Waals surface area contributed by atoms with Crippen molar-refractivity contribution in [2.75, 3.05) is 11.5 Å². The summed E-state index contributed by atoms with van der Waals surface area (Å²) in [6.07, 6.45) is -18.6. The molecule has 3 fully saturated rings. The highest BCUT2D eigenvalue weighted by Gasteiger charge is 2.77. The predicted octanol–water partition coefficient (Wildman–Crippen LogP) is 14.3. The molecule has 3 aliphatic rings. The molecule has 1 atom stereocenters. The van der Waals surface area contributed by atoms with Gasteiger partial charge in [0.2, 0.25) is 0 Å². The summed E-state index contributed by atoms with van der Waals surface area (Å²) in [6, 6.07) is 6.09. The third kappa shape index (κ3) is 13.7. The van der Waals surface area contributed by atoms with Gasteiger partial charge in [0.05, 0.1) is 11.1 Å². The van der Waals surface area contributed by atoms with Crippen molar-refractivity contribution in [3.63, 3.8) is 0 Å². The topological polar surface area (TPSA) is 161 Å². The molecule has 3 aliphatic carbocycles. The highest BCUT2D eigenvalue weighted by molar-refractivity contribution is 7.86. The quantitative estimate of drug-likeness (QED) is 0.0940. The van der Waals surface area contributed by atoms with Crippen LogP contribution in [-0.2, 0) is 29.7 Å². The van der Waals surface area contributed by atoms with Crippen LogP contribution in [0.15, 0.2) is 24.3 Å². The lowest BCUT2D eigenvalue weighted by atomic mass is 9.70. The molecule has 73 heavy (non-hydrogen) atoms. The fourth-order valence-electron chi connectivity index (χ4n) is 11.0. The van der Waals surface area contributed by atoms with E-state index in [1.54, 1.807) is 32.9 Å². The fraction of sp³-hybridized carbons (Fsp3) is 0.714. The van der Waals surface area contributed by atoms with E-state index in [4.69, 9.17) is 0 Å². The van der Waals surface area contributed by atoms with Gasteiger partial charge in [0, 0.05) is 0 Å². The molecule has 0 heterocycles. The van der Waals surface area contributed by atoms with Crippen molar-refractivity contribution in [1.82, 2.24) is 0 Å². The Morgan fingerprint density at radius 1 is 0.521 bits per heavy atom. The van der Waals surface area contributed by atoms with Crippen LogP contribution >= 0.6 is 0 Å². The lowest BCUT2D eigenvalue weighted by Gasteiger charge is -2.37. The SMILES string of the molecule is CC(C)c1cc(C(C)C)c(C(=O)OC(CS(=O)(=O)O)(C(F)(F)F)C(F)(F)F)c(C(C)CC2CCC(c3cc(C4CCCCC4)cc(C4CCCCC4)c3C(=O)OC(CS(=O)(=O)O)(C(F)(F)F)C(F)(F)F)CC2)c1. The van der Waals surface area contributed by atoms with Crippen molar-refractivity contribution in [1.29, 1.82) is 0 Å². The number of halogens is 12. The van der Waals surface area contributed by atoms with Crippen LogP contribution in [0.5, 0.6) is 0 Å². The van der Waals surface area contributed by atoms with E-state index in [0.29, 0.717) is 44.1 Å². The molecule has 0 radical (unpaired) electrons. The Kier molecular flexibility index (Phi) is 18.3. The highest BCUT2D eigenvalue weighted by Crippen LogP contribution is 2.52. The van der Waals surface area contributed by atoms with Crippen molar-refractivity contribution >= 4 is 32.2 Å².